The number of carbonyl (C=O) groups is 1. The van der Waals surface area contributed by atoms with Gasteiger partial charge in [-0.15, -0.1) is 0 Å². The van der Waals surface area contributed by atoms with Crippen LogP contribution in [0.15, 0.2) is 11.6 Å². The Balaban J connectivity index is 2.60. The minimum Gasteiger partial charge on any atom is -0.370 e. The fourth-order valence-corrected chi connectivity index (χ4v) is 2.20. The smallest absolute Gasteiger partial charge is 0.187 e. The molecule has 2 heteroatoms. The molecule has 0 aromatic rings. The summed E-state index contributed by atoms with van der Waals surface area (Å²) >= 11 is 0. The Morgan fingerprint density at radius 3 is 2.88 bits per heavy atom. The minimum atomic E-state index is -0.195. The number of ketones is 1. The second-order valence-corrected chi connectivity index (χ2v) is 4.43. The fourth-order valence-electron chi connectivity index (χ4n) is 2.20. The molecular formula is C14H24O2. The number of allylic oxidation sites excluding steroid dienone is 1. The van der Waals surface area contributed by atoms with Gasteiger partial charge in [0.2, 0.25) is 0 Å². The van der Waals surface area contributed by atoms with Crippen molar-refractivity contribution in [3.63, 3.8) is 0 Å². The van der Waals surface area contributed by atoms with Crippen molar-refractivity contribution in [1.29, 1.82) is 0 Å². The average Bonchev–Trinajstić information content (AvgIpc) is 2.56. The molecule has 0 aromatic heterocycles. The zero-order chi connectivity index (χ0) is 11.8. The number of Topliss-reactive ketones (excluding diaryl/α,β-unsaturated/α-hetero) is 1. The van der Waals surface area contributed by atoms with Crippen LogP contribution in [0.4, 0.5) is 0 Å². The van der Waals surface area contributed by atoms with Crippen LogP contribution in [0.2, 0.25) is 0 Å². The van der Waals surface area contributed by atoms with Crippen molar-refractivity contribution < 1.29 is 9.53 Å². The molecule has 0 bridgehead atoms. The predicted molar refractivity (Wildman–Crippen MR) is 66.5 cm³/mol. The van der Waals surface area contributed by atoms with Gasteiger partial charge in [0.05, 0.1) is 0 Å². The quantitative estimate of drug-likeness (QED) is 0.688. The van der Waals surface area contributed by atoms with Crippen molar-refractivity contribution in [2.45, 2.75) is 64.9 Å². The molecule has 0 saturated carbocycles. The summed E-state index contributed by atoms with van der Waals surface area (Å²) in [4.78, 5) is 12.2. The molecular weight excluding hydrogens is 200 g/mol. The molecule has 0 aliphatic heterocycles. The number of rotatable bonds is 6. The third-order valence-corrected chi connectivity index (χ3v) is 3.07. The van der Waals surface area contributed by atoms with E-state index in [0.29, 0.717) is 6.61 Å². The van der Waals surface area contributed by atoms with Crippen LogP contribution in [-0.4, -0.2) is 18.5 Å². The summed E-state index contributed by atoms with van der Waals surface area (Å²) in [6, 6.07) is 0. The van der Waals surface area contributed by atoms with Gasteiger partial charge in [0, 0.05) is 6.61 Å². The lowest BCUT2D eigenvalue weighted by Crippen LogP contribution is -2.25. The number of carbonyl (C=O) groups excluding carboxylic acids is 1. The molecule has 0 saturated heterocycles. The van der Waals surface area contributed by atoms with Crippen LogP contribution in [0.5, 0.6) is 0 Å². The maximum Gasteiger partial charge on any atom is 0.187 e. The molecule has 0 fully saturated rings. The molecule has 1 aliphatic carbocycles. The monoisotopic (exact) mass is 224 g/mol. The highest BCUT2D eigenvalue weighted by molar-refractivity contribution is 5.98. The van der Waals surface area contributed by atoms with Gasteiger partial charge < -0.3 is 4.74 Å². The topological polar surface area (TPSA) is 26.3 Å². The molecule has 0 spiro atoms. The van der Waals surface area contributed by atoms with Crippen molar-refractivity contribution in [2.75, 3.05) is 6.61 Å². The van der Waals surface area contributed by atoms with E-state index >= 15 is 0 Å². The first-order valence-corrected chi connectivity index (χ1v) is 6.64. The Labute approximate surface area is 99.1 Å². The number of hydrogen-bond donors (Lipinski definition) is 0. The van der Waals surface area contributed by atoms with Crippen LogP contribution in [0, 0.1) is 0 Å². The van der Waals surface area contributed by atoms with E-state index in [2.05, 4.69) is 13.0 Å². The van der Waals surface area contributed by atoms with Crippen LogP contribution in [0.1, 0.15) is 58.8 Å². The van der Waals surface area contributed by atoms with Crippen molar-refractivity contribution >= 4 is 5.78 Å². The molecule has 0 aromatic carbocycles. The molecule has 16 heavy (non-hydrogen) atoms. The molecule has 92 valence electrons. The van der Waals surface area contributed by atoms with E-state index < -0.39 is 0 Å². The first kappa shape index (κ1) is 13.4. The van der Waals surface area contributed by atoms with E-state index in [4.69, 9.17) is 4.74 Å². The molecule has 1 aliphatic rings. The van der Waals surface area contributed by atoms with Crippen LogP contribution >= 0.6 is 0 Å². The number of hydrogen-bond acceptors (Lipinski definition) is 2. The van der Waals surface area contributed by atoms with Crippen molar-refractivity contribution in [3.05, 3.63) is 11.6 Å². The molecule has 1 unspecified atom stereocenters. The summed E-state index contributed by atoms with van der Waals surface area (Å²) in [5.41, 5.74) is 1.02. The Kier molecular flexibility index (Phi) is 6.39. The average molecular weight is 224 g/mol. The third kappa shape index (κ3) is 4.09. The van der Waals surface area contributed by atoms with Gasteiger partial charge in [-0.3, -0.25) is 4.79 Å². The molecule has 0 radical (unpaired) electrons. The highest BCUT2D eigenvalue weighted by Crippen LogP contribution is 2.21. The molecule has 1 atom stereocenters. The summed E-state index contributed by atoms with van der Waals surface area (Å²) in [5.74, 6) is 0.241. The number of ether oxygens (including phenoxy) is 1. The highest BCUT2D eigenvalue weighted by Gasteiger charge is 2.21. The van der Waals surface area contributed by atoms with E-state index in [9.17, 15) is 4.79 Å². The van der Waals surface area contributed by atoms with Crippen molar-refractivity contribution in [3.8, 4) is 0 Å². The van der Waals surface area contributed by atoms with Crippen molar-refractivity contribution in [1.82, 2.24) is 0 Å². The first-order valence-electron chi connectivity index (χ1n) is 6.64. The summed E-state index contributed by atoms with van der Waals surface area (Å²) < 4.78 is 5.55. The summed E-state index contributed by atoms with van der Waals surface area (Å²) in [6.07, 6.45) is 9.44. The van der Waals surface area contributed by atoms with Gasteiger partial charge in [-0.25, -0.2) is 0 Å². The van der Waals surface area contributed by atoms with E-state index in [1.165, 1.54) is 12.8 Å². The van der Waals surface area contributed by atoms with E-state index in [1.54, 1.807) is 0 Å². The zero-order valence-electron chi connectivity index (χ0n) is 10.6. The Morgan fingerprint density at radius 1 is 1.38 bits per heavy atom. The highest BCUT2D eigenvalue weighted by atomic mass is 16.5. The van der Waals surface area contributed by atoms with Gasteiger partial charge in [0.25, 0.3) is 0 Å². The maximum atomic E-state index is 12.2. The van der Waals surface area contributed by atoms with Gasteiger partial charge in [0.1, 0.15) is 6.10 Å². The molecule has 0 heterocycles. The Bertz CT molecular complexity index is 237. The van der Waals surface area contributed by atoms with Crippen LogP contribution < -0.4 is 0 Å². The Hall–Kier alpha value is -0.630. The normalized spacial score (nSPS) is 18.8. The lowest BCUT2D eigenvalue weighted by molar-refractivity contribution is -0.127. The molecule has 1 rings (SSSR count). The van der Waals surface area contributed by atoms with Gasteiger partial charge in [0.15, 0.2) is 5.78 Å². The van der Waals surface area contributed by atoms with Crippen LogP contribution in [0.25, 0.3) is 0 Å². The standard InChI is InChI=1S/C14H24O2/c1-3-9-13(16-4-2)14(15)12-10-7-5-6-8-11-12/h10,13H,3-9,11H2,1-2H3. The van der Waals surface area contributed by atoms with Gasteiger partial charge >= 0.3 is 0 Å². The van der Waals surface area contributed by atoms with E-state index in [0.717, 1.165) is 37.7 Å². The summed E-state index contributed by atoms with van der Waals surface area (Å²) in [5, 5.41) is 0. The Morgan fingerprint density at radius 2 is 2.19 bits per heavy atom. The minimum absolute atomic E-state index is 0.195. The van der Waals surface area contributed by atoms with Crippen LogP contribution in [-0.2, 0) is 9.53 Å². The zero-order valence-corrected chi connectivity index (χ0v) is 10.6. The van der Waals surface area contributed by atoms with Gasteiger partial charge in [-0.2, -0.15) is 0 Å². The first-order chi connectivity index (χ1) is 7.79. The largest absolute Gasteiger partial charge is 0.370 e. The van der Waals surface area contributed by atoms with E-state index in [-0.39, 0.29) is 11.9 Å². The lowest BCUT2D eigenvalue weighted by atomic mass is 9.99. The molecule has 0 amide bonds. The van der Waals surface area contributed by atoms with Crippen LogP contribution in [0.3, 0.4) is 0 Å². The SMILES string of the molecule is CCCC(OCC)C(=O)C1=CCCCCC1. The third-order valence-electron chi connectivity index (χ3n) is 3.07. The van der Waals surface area contributed by atoms with Crippen molar-refractivity contribution in [2.24, 2.45) is 0 Å². The second kappa shape index (κ2) is 7.61. The lowest BCUT2D eigenvalue weighted by Gasteiger charge is -2.16. The fraction of sp³-hybridized carbons (Fsp3) is 0.786. The maximum absolute atomic E-state index is 12.2. The van der Waals surface area contributed by atoms with Gasteiger partial charge in [-0.05, 0) is 44.6 Å². The van der Waals surface area contributed by atoms with E-state index in [1.807, 2.05) is 6.92 Å². The summed E-state index contributed by atoms with van der Waals surface area (Å²) in [7, 11) is 0. The molecule has 2 nitrogen and oxygen atoms in total. The molecule has 0 N–H and O–H groups in total. The summed E-state index contributed by atoms with van der Waals surface area (Å²) in [6.45, 7) is 4.68. The predicted octanol–water partition coefficient (Wildman–Crippen LogP) is 3.65. The second-order valence-electron chi connectivity index (χ2n) is 4.43. The van der Waals surface area contributed by atoms with Gasteiger partial charge in [-0.1, -0.05) is 25.8 Å².